The number of hydrogen-bond donors (Lipinski definition) is 1. The van der Waals surface area contributed by atoms with Crippen LogP contribution < -0.4 is 5.73 Å². The van der Waals surface area contributed by atoms with Crippen LogP contribution >= 0.6 is 11.3 Å². The van der Waals surface area contributed by atoms with Gasteiger partial charge in [-0.15, -0.1) is 11.3 Å². The second kappa shape index (κ2) is 4.79. The summed E-state index contributed by atoms with van der Waals surface area (Å²) in [6.07, 6.45) is 0. The molecular formula is C15H17N3S. The van der Waals surface area contributed by atoms with E-state index in [1.165, 1.54) is 10.4 Å². The smallest absolute Gasteiger partial charge is 0.151 e. The Kier molecular flexibility index (Phi) is 3.12. The van der Waals surface area contributed by atoms with Crippen LogP contribution in [0.4, 0.5) is 0 Å². The maximum absolute atomic E-state index is 5.71. The number of benzene rings is 1. The molecule has 0 radical (unpaired) electrons. The molecule has 0 unspecified atom stereocenters. The molecule has 0 saturated heterocycles. The lowest BCUT2D eigenvalue weighted by atomic mass is 10.2. The Morgan fingerprint density at radius 2 is 2.16 bits per heavy atom. The van der Waals surface area contributed by atoms with E-state index in [0.29, 0.717) is 12.6 Å². The van der Waals surface area contributed by atoms with Crippen molar-refractivity contribution in [2.24, 2.45) is 5.73 Å². The quantitative estimate of drug-likeness (QED) is 0.787. The van der Waals surface area contributed by atoms with Crippen molar-refractivity contribution in [3.8, 4) is 10.7 Å². The third-order valence-corrected chi connectivity index (χ3v) is 4.11. The number of imidazole rings is 1. The zero-order valence-electron chi connectivity index (χ0n) is 11.1. The molecule has 2 heterocycles. The Morgan fingerprint density at radius 1 is 1.32 bits per heavy atom. The third kappa shape index (κ3) is 2.07. The van der Waals surface area contributed by atoms with Crippen molar-refractivity contribution in [2.75, 3.05) is 0 Å². The summed E-state index contributed by atoms with van der Waals surface area (Å²) in [5.74, 6) is 1.05. The van der Waals surface area contributed by atoms with E-state index in [-0.39, 0.29) is 0 Å². The van der Waals surface area contributed by atoms with Crippen molar-refractivity contribution in [1.82, 2.24) is 9.55 Å². The van der Waals surface area contributed by atoms with Gasteiger partial charge in [0, 0.05) is 12.6 Å². The van der Waals surface area contributed by atoms with Crippen LogP contribution in [0.1, 0.15) is 25.5 Å². The highest BCUT2D eigenvalue weighted by atomic mass is 32.1. The molecule has 4 heteroatoms. The number of nitrogens with two attached hydrogens (primary N) is 1. The first-order chi connectivity index (χ1) is 9.20. The normalized spacial score (nSPS) is 11.6. The van der Waals surface area contributed by atoms with E-state index in [4.69, 9.17) is 10.7 Å². The zero-order valence-corrected chi connectivity index (χ0v) is 11.9. The number of fused-ring (bicyclic) bond motifs is 1. The Balaban J connectivity index is 2.29. The second-order valence-electron chi connectivity index (χ2n) is 4.90. The molecule has 0 amide bonds. The highest BCUT2D eigenvalue weighted by molar-refractivity contribution is 7.13. The van der Waals surface area contributed by atoms with E-state index in [0.717, 1.165) is 16.9 Å². The lowest BCUT2D eigenvalue weighted by molar-refractivity contribution is 0.625. The molecule has 0 spiro atoms. The molecule has 3 nitrogen and oxygen atoms in total. The topological polar surface area (TPSA) is 43.8 Å². The Morgan fingerprint density at radius 3 is 2.79 bits per heavy atom. The largest absolute Gasteiger partial charge is 0.326 e. The first kappa shape index (κ1) is 12.4. The van der Waals surface area contributed by atoms with Crippen molar-refractivity contribution < 1.29 is 0 Å². The summed E-state index contributed by atoms with van der Waals surface area (Å²) in [4.78, 5) is 6.01. The molecule has 0 atom stereocenters. The minimum absolute atomic E-state index is 0.380. The van der Waals surface area contributed by atoms with Crippen molar-refractivity contribution in [1.29, 1.82) is 0 Å². The van der Waals surface area contributed by atoms with Crippen molar-refractivity contribution in [2.45, 2.75) is 26.4 Å². The van der Waals surface area contributed by atoms with Gasteiger partial charge in [-0.2, -0.15) is 0 Å². The number of thiophene rings is 1. The first-order valence-electron chi connectivity index (χ1n) is 6.45. The van der Waals surface area contributed by atoms with Crippen LogP contribution in [0.5, 0.6) is 0 Å². The summed E-state index contributed by atoms with van der Waals surface area (Å²) in [7, 11) is 0. The molecule has 0 aliphatic heterocycles. The fourth-order valence-corrected chi connectivity index (χ4v) is 3.08. The van der Waals surface area contributed by atoms with Gasteiger partial charge in [0.2, 0.25) is 0 Å². The number of rotatable bonds is 3. The monoisotopic (exact) mass is 271 g/mol. The molecule has 0 aliphatic rings. The van der Waals surface area contributed by atoms with Crippen molar-refractivity contribution in [3.05, 3.63) is 41.3 Å². The summed E-state index contributed by atoms with van der Waals surface area (Å²) >= 11 is 1.72. The molecule has 0 saturated carbocycles. The molecule has 0 bridgehead atoms. The molecule has 3 rings (SSSR count). The first-order valence-corrected chi connectivity index (χ1v) is 7.33. The van der Waals surface area contributed by atoms with Crippen molar-refractivity contribution in [3.63, 3.8) is 0 Å². The van der Waals surface area contributed by atoms with Crippen LogP contribution in [0, 0.1) is 0 Å². The number of nitrogens with zero attached hydrogens (tertiary/aromatic N) is 2. The molecule has 3 aromatic rings. The number of hydrogen-bond acceptors (Lipinski definition) is 3. The lowest BCUT2D eigenvalue weighted by Crippen LogP contribution is -2.02. The van der Waals surface area contributed by atoms with E-state index in [2.05, 4.69) is 54.1 Å². The molecule has 19 heavy (non-hydrogen) atoms. The van der Waals surface area contributed by atoms with Gasteiger partial charge in [-0.3, -0.25) is 0 Å². The van der Waals surface area contributed by atoms with Crippen LogP contribution in [-0.2, 0) is 6.54 Å². The molecule has 0 fully saturated rings. The number of aromatic nitrogens is 2. The zero-order chi connectivity index (χ0) is 13.4. The van der Waals surface area contributed by atoms with Crippen LogP contribution in [0.3, 0.4) is 0 Å². The Bertz CT molecular complexity index is 696. The summed E-state index contributed by atoms with van der Waals surface area (Å²) in [5, 5.41) is 2.09. The predicted octanol–water partition coefficient (Wildman–Crippen LogP) is 3.80. The fraction of sp³-hybridized carbons (Fsp3) is 0.267. The Hall–Kier alpha value is -1.65. The Labute approximate surface area is 116 Å². The van der Waals surface area contributed by atoms with Gasteiger partial charge in [0.25, 0.3) is 0 Å². The van der Waals surface area contributed by atoms with Crippen LogP contribution in [0.2, 0.25) is 0 Å². The summed E-state index contributed by atoms with van der Waals surface area (Å²) in [6, 6.07) is 10.9. The lowest BCUT2D eigenvalue weighted by Gasteiger charge is -2.12. The van der Waals surface area contributed by atoms with E-state index in [1.807, 2.05) is 0 Å². The maximum atomic E-state index is 5.71. The van der Waals surface area contributed by atoms with Gasteiger partial charge in [0.05, 0.1) is 15.9 Å². The van der Waals surface area contributed by atoms with Gasteiger partial charge in [0.1, 0.15) is 0 Å². The van der Waals surface area contributed by atoms with Crippen LogP contribution in [0.25, 0.3) is 21.7 Å². The van der Waals surface area contributed by atoms with Gasteiger partial charge >= 0.3 is 0 Å². The van der Waals surface area contributed by atoms with Gasteiger partial charge in [-0.1, -0.05) is 12.1 Å². The summed E-state index contributed by atoms with van der Waals surface area (Å²) in [6.45, 7) is 4.93. The van der Waals surface area contributed by atoms with Gasteiger partial charge in [0.15, 0.2) is 5.82 Å². The van der Waals surface area contributed by atoms with Gasteiger partial charge in [-0.05, 0) is 43.0 Å². The highest BCUT2D eigenvalue weighted by Gasteiger charge is 2.15. The van der Waals surface area contributed by atoms with Gasteiger partial charge in [-0.25, -0.2) is 4.98 Å². The summed E-state index contributed by atoms with van der Waals surface area (Å²) < 4.78 is 2.29. The van der Waals surface area contributed by atoms with Gasteiger partial charge < -0.3 is 10.3 Å². The van der Waals surface area contributed by atoms with E-state index in [1.54, 1.807) is 11.3 Å². The SMILES string of the molecule is CC(C)n1c(-c2cccs2)nc2cc(CN)ccc21. The molecule has 0 aliphatic carbocycles. The summed E-state index contributed by atoms with van der Waals surface area (Å²) in [5.41, 5.74) is 9.04. The second-order valence-corrected chi connectivity index (χ2v) is 5.85. The van der Waals surface area contributed by atoms with Crippen LogP contribution in [-0.4, -0.2) is 9.55 Å². The average Bonchev–Trinajstić information content (AvgIpc) is 3.04. The van der Waals surface area contributed by atoms with E-state index in [9.17, 15) is 0 Å². The van der Waals surface area contributed by atoms with Crippen molar-refractivity contribution >= 4 is 22.4 Å². The maximum Gasteiger partial charge on any atom is 0.151 e. The van der Waals surface area contributed by atoms with Crippen LogP contribution in [0.15, 0.2) is 35.7 Å². The third-order valence-electron chi connectivity index (χ3n) is 3.25. The minimum atomic E-state index is 0.380. The molecule has 2 aromatic heterocycles. The average molecular weight is 271 g/mol. The van der Waals surface area contributed by atoms with E-state index < -0.39 is 0 Å². The molecule has 98 valence electrons. The predicted molar refractivity (Wildman–Crippen MR) is 81.3 cm³/mol. The standard InChI is InChI=1S/C15H17N3S/c1-10(2)18-13-6-5-11(9-16)8-12(13)17-15(18)14-4-3-7-19-14/h3-8,10H,9,16H2,1-2H3. The fourth-order valence-electron chi connectivity index (χ4n) is 2.37. The minimum Gasteiger partial charge on any atom is -0.326 e. The molecular weight excluding hydrogens is 254 g/mol. The molecule has 1 aromatic carbocycles. The van der Waals surface area contributed by atoms with E-state index >= 15 is 0 Å². The highest BCUT2D eigenvalue weighted by Crippen LogP contribution is 2.31. The molecule has 2 N–H and O–H groups in total.